The Morgan fingerprint density at radius 1 is 1.15 bits per heavy atom. The van der Waals surface area contributed by atoms with Gasteiger partial charge in [0.25, 0.3) is 0 Å². The van der Waals surface area contributed by atoms with Gasteiger partial charge in [0.05, 0.1) is 12.1 Å². The Bertz CT molecular complexity index is 599. The first-order chi connectivity index (χ1) is 12.5. The molecule has 4 heteroatoms. The van der Waals surface area contributed by atoms with E-state index in [2.05, 4.69) is 66.3 Å². The lowest BCUT2D eigenvalue weighted by Crippen LogP contribution is -2.52. The third-order valence-electron chi connectivity index (χ3n) is 7.42. The number of nitrogens with zero attached hydrogens (tertiary/aromatic N) is 2. The third-order valence-corrected chi connectivity index (χ3v) is 7.42. The second kappa shape index (κ2) is 7.23. The van der Waals surface area contributed by atoms with Crippen LogP contribution < -0.4 is 5.32 Å². The average Bonchev–Trinajstić information content (AvgIpc) is 3.19. The summed E-state index contributed by atoms with van der Waals surface area (Å²) >= 11 is 0. The highest BCUT2D eigenvalue weighted by Gasteiger charge is 2.58. The van der Waals surface area contributed by atoms with Crippen LogP contribution in [-0.2, 0) is 5.54 Å². The summed E-state index contributed by atoms with van der Waals surface area (Å²) in [4.78, 5) is 5.08. The number of nitrogens with one attached hydrogen (secondary N) is 1. The van der Waals surface area contributed by atoms with Gasteiger partial charge in [0.15, 0.2) is 0 Å². The third kappa shape index (κ3) is 3.01. The SMILES string of the molecule is CC(C)N1CCC([C@@H]2N[C@@](CO)(c3ccccc3)[C@@H]3CN(C)C[C@@H]32)CC1. The fourth-order valence-corrected chi connectivity index (χ4v) is 5.98. The van der Waals surface area contributed by atoms with Crippen molar-refractivity contribution in [3.05, 3.63) is 35.9 Å². The summed E-state index contributed by atoms with van der Waals surface area (Å²) in [6.07, 6.45) is 2.55. The van der Waals surface area contributed by atoms with Crippen molar-refractivity contribution in [3.63, 3.8) is 0 Å². The Hall–Kier alpha value is -0.940. The fraction of sp³-hybridized carbons (Fsp3) is 0.727. The molecule has 3 heterocycles. The van der Waals surface area contributed by atoms with Crippen molar-refractivity contribution in [3.8, 4) is 0 Å². The maximum atomic E-state index is 10.5. The zero-order valence-electron chi connectivity index (χ0n) is 16.6. The monoisotopic (exact) mass is 357 g/mol. The van der Waals surface area contributed by atoms with Crippen LogP contribution in [0.3, 0.4) is 0 Å². The molecule has 0 aliphatic carbocycles. The molecule has 4 atom stereocenters. The Kier molecular flexibility index (Phi) is 5.13. The van der Waals surface area contributed by atoms with Gasteiger partial charge in [-0.3, -0.25) is 0 Å². The quantitative estimate of drug-likeness (QED) is 0.866. The van der Waals surface area contributed by atoms with Gasteiger partial charge in [0, 0.05) is 31.1 Å². The summed E-state index contributed by atoms with van der Waals surface area (Å²) in [5, 5.41) is 14.6. The van der Waals surface area contributed by atoms with Gasteiger partial charge in [-0.2, -0.15) is 0 Å². The van der Waals surface area contributed by atoms with Crippen molar-refractivity contribution in [2.75, 3.05) is 39.8 Å². The number of piperidine rings is 1. The zero-order chi connectivity index (χ0) is 18.3. The van der Waals surface area contributed by atoms with Crippen LogP contribution in [0.2, 0.25) is 0 Å². The van der Waals surface area contributed by atoms with Gasteiger partial charge in [-0.1, -0.05) is 30.3 Å². The predicted molar refractivity (Wildman–Crippen MR) is 106 cm³/mol. The van der Waals surface area contributed by atoms with Crippen molar-refractivity contribution in [2.45, 2.75) is 44.3 Å². The van der Waals surface area contributed by atoms with Gasteiger partial charge in [0.1, 0.15) is 0 Å². The van der Waals surface area contributed by atoms with Gasteiger partial charge in [-0.15, -0.1) is 0 Å². The maximum absolute atomic E-state index is 10.5. The first-order valence-corrected chi connectivity index (χ1v) is 10.4. The van der Waals surface area contributed by atoms with E-state index < -0.39 is 0 Å². The van der Waals surface area contributed by atoms with Crippen molar-refractivity contribution < 1.29 is 5.11 Å². The highest BCUT2D eigenvalue weighted by atomic mass is 16.3. The molecule has 3 aliphatic rings. The normalized spacial score (nSPS) is 36.7. The van der Waals surface area contributed by atoms with E-state index in [1.54, 1.807) is 0 Å². The van der Waals surface area contributed by atoms with E-state index in [0.717, 1.165) is 19.0 Å². The van der Waals surface area contributed by atoms with Crippen LogP contribution in [0.15, 0.2) is 30.3 Å². The first-order valence-electron chi connectivity index (χ1n) is 10.4. The number of benzene rings is 1. The highest BCUT2D eigenvalue weighted by molar-refractivity contribution is 5.30. The Morgan fingerprint density at radius 2 is 1.85 bits per heavy atom. The molecule has 3 saturated heterocycles. The number of aliphatic hydroxyl groups is 1. The molecule has 0 aromatic heterocycles. The summed E-state index contributed by atoms with van der Waals surface area (Å²) in [6.45, 7) is 9.46. The van der Waals surface area contributed by atoms with Gasteiger partial charge >= 0.3 is 0 Å². The molecule has 144 valence electrons. The lowest BCUT2D eigenvalue weighted by atomic mass is 9.75. The molecule has 0 unspecified atom stereocenters. The second-order valence-corrected chi connectivity index (χ2v) is 9.12. The molecule has 1 aromatic rings. The maximum Gasteiger partial charge on any atom is 0.0715 e. The molecule has 0 spiro atoms. The van der Waals surface area contributed by atoms with Crippen LogP contribution in [0, 0.1) is 17.8 Å². The number of likely N-dealkylation sites (tertiary alicyclic amines) is 2. The van der Waals surface area contributed by atoms with E-state index >= 15 is 0 Å². The summed E-state index contributed by atoms with van der Waals surface area (Å²) in [5.74, 6) is 1.86. The molecule has 0 bridgehead atoms. The van der Waals surface area contributed by atoms with Crippen molar-refractivity contribution in [1.82, 2.24) is 15.1 Å². The number of rotatable bonds is 4. The molecule has 3 fully saturated rings. The zero-order valence-corrected chi connectivity index (χ0v) is 16.6. The molecule has 0 amide bonds. The standard InChI is InChI=1S/C22H35N3O/c1-16(2)25-11-9-17(10-12-25)21-19-13-24(3)14-20(19)22(15-26,23-21)18-7-5-4-6-8-18/h4-8,16-17,19-21,23,26H,9-15H2,1-3H3/t19-,20+,21-,22-/m0/s1. The van der Waals surface area contributed by atoms with E-state index in [1.165, 1.54) is 31.5 Å². The number of hydrogen-bond donors (Lipinski definition) is 2. The molecule has 4 rings (SSSR count). The number of aliphatic hydroxyl groups excluding tert-OH is 1. The van der Waals surface area contributed by atoms with E-state index in [4.69, 9.17) is 0 Å². The predicted octanol–water partition coefficient (Wildman–Crippen LogP) is 2.14. The van der Waals surface area contributed by atoms with Crippen LogP contribution in [0.25, 0.3) is 0 Å². The Labute approximate surface area is 158 Å². The first kappa shape index (κ1) is 18.4. The average molecular weight is 358 g/mol. The van der Waals surface area contributed by atoms with E-state index in [-0.39, 0.29) is 12.1 Å². The van der Waals surface area contributed by atoms with Crippen LogP contribution in [0.5, 0.6) is 0 Å². The summed E-state index contributed by atoms with van der Waals surface area (Å²) < 4.78 is 0. The lowest BCUT2D eigenvalue weighted by Gasteiger charge is -2.40. The van der Waals surface area contributed by atoms with Gasteiger partial charge < -0.3 is 20.2 Å². The van der Waals surface area contributed by atoms with Crippen LogP contribution in [0.4, 0.5) is 0 Å². The molecule has 26 heavy (non-hydrogen) atoms. The van der Waals surface area contributed by atoms with Crippen molar-refractivity contribution in [1.29, 1.82) is 0 Å². The molecular formula is C22H35N3O. The molecule has 0 saturated carbocycles. The number of hydrogen-bond acceptors (Lipinski definition) is 4. The van der Waals surface area contributed by atoms with Crippen molar-refractivity contribution >= 4 is 0 Å². The molecule has 2 N–H and O–H groups in total. The minimum atomic E-state index is -0.281. The van der Waals surface area contributed by atoms with Crippen LogP contribution >= 0.6 is 0 Å². The van der Waals surface area contributed by atoms with E-state index in [1.807, 2.05) is 0 Å². The van der Waals surface area contributed by atoms with E-state index in [9.17, 15) is 5.11 Å². The fourth-order valence-electron chi connectivity index (χ4n) is 5.98. The van der Waals surface area contributed by atoms with E-state index in [0.29, 0.717) is 23.9 Å². The molecule has 1 aromatic carbocycles. The second-order valence-electron chi connectivity index (χ2n) is 9.12. The largest absolute Gasteiger partial charge is 0.394 e. The van der Waals surface area contributed by atoms with Crippen LogP contribution in [0.1, 0.15) is 32.3 Å². The molecule has 0 radical (unpaired) electrons. The minimum absolute atomic E-state index is 0.188. The molecule has 3 aliphatic heterocycles. The van der Waals surface area contributed by atoms with Crippen LogP contribution in [-0.4, -0.2) is 66.8 Å². The lowest BCUT2D eigenvalue weighted by molar-refractivity contribution is 0.107. The smallest absolute Gasteiger partial charge is 0.0715 e. The molecule has 4 nitrogen and oxygen atoms in total. The summed E-state index contributed by atoms with van der Waals surface area (Å²) in [7, 11) is 2.24. The summed E-state index contributed by atoms with van der Waals surface area (Å²) in [5.41, 5.74) is 0.978. The highest BCUT2D eigenvalue weighted by Crippen LogP contribution is 2.49. The van der Waals surface area contributed by atoms with Gasteiger partial charge in [-0.05, 0) is 64.2 Å². The minimum Gasteiger partial charge on any atom is -0.394 e. The molecular weight excluding hydrogens is 322 g/mol. The Morgan fingerprint density at radius 3 is 2.46 bits per heavy atom. The van der Waals surface area contributed by atoms with Gasteiger partial charge in [0.2, 0.25) is 0 Å². The Balaban J connectivity index is 1.59. The van der Waals surface area contributed by atoms with Crippen molar-refractivity contribution in [2.24, 2.45) is 17.8 Å². The topological polar surface area (TPSA) is 38.7 Å². The number of fused-ring (bicyclic) bond motifs is 1. The summed E-state index contributed by atoms with van der Waals surface area (Å²) in [6, 6.07) is 11.9. The van der Waals surface area contributed by atoms with Gasteiger partial charge in [-0.25, -0.2) is 0 Å².